The predicted molar refractivity (Wildman–Crippen MR) is 118 cm³/mol. The molecule has 0 radical (unpaired) electrons. The standard InChI is InChI=1S/C23H28N2O8/c1-33-20-9-6-14(12-19(20)27)3-2-10-24-17(13-21(28)29)22(30)25-18(23(31)32)11-15-4-7-16(26)8-5-15/h4-9,12,17-18,24,26-27H,2-3,10-11,13H2,1H3,(H,25,30)(H,28,29)(H,31,32)/t17-,18-/m0/s1. The van der Waals surface area contributed by atoms with E-state index in [9.17, 15) is 29.7 Å². The molecule has 33 heavy (non-hydrogen) atoms. The van der Waals surface area contributed by atoms with E-state index in [1.807, 2.05) is 0 Å². The minimum atomic E-state index is -1.26. The van der Waals surface area contributed by atoms with Crippen LogP contribution in [0.3, 0.4) is 0 Å². The molecule has 0 fully saturated rings. The summed E-state index contributed by atoms with van der Waals surface area (Å²) >= 11 is 0. The Labute approximate surface area is 190 Å². The van der Waals surface area contributed by atoms with E-state index in [-0.39, 0.29) is 17.9 Å². The summed E-state index contributed by atoms with van der Waals surface area (Å²) in [5.41, 5.74) is 1.43. The third-order valence-corrected chi connectivity index (χ3v) is 4.96. The number of benzene rings is 2. The summed E-state index contributed by atoms with van der Waals surface area (Å²) in [4.78, 5) is 35.5. The molecular weight excluding hydrogens is 432 g/mol. The van der Waals surface area contributed by atoms with Gasteiger partial charge in [0.2, 0.25) is 5.91 Å². The number of aryl methyl sites for hydroxylation is 1. The summed E-state index contributed by atoms with van der Waals surface area (Å²) in [6.07, 6.45) is 0.568. The molecule has 0 aliphatic heterocycles. The molecule has 10 heteroatoms. The third kappa shape index (κ3) is 8.34. The van der Waals surface area contributed by atoms with Gasteiger partial charge in [0.05, 0.1) is 19.6 Å². The third-order valence-electron chi connectivity index (χ3n) is 4.96. The molecule has 0 bridgehead atoms. The number of carboxylic acid groups (broad SMARTS) is 2. The molecule has 0 saturated carbocycles. The maximum atomic E-state index is 12.6. The maximum Gasteiger partial charge on any atom is 0.326 e. The number of hydrogen-bond acceptors (Lipinski definition) is 7. The first-order valence-corrected chi connectivity index (χ1v) is 10.3. The molecule has 0 spiro atoms. The van der Waals surface area contributed by atoms with Crippen LogP contribution in [0, 0.1) is 0 Å². The van der Waals surface area contributed by atoms with Crippen LogP contribution in [0.2, 0.25) is 0 Å². The van der Waals surface area contributed by atoms with Crippen molar-refractivity contribution in [1.82, 2.24) is 10.6 Å². The van der Waals surface area contributed by atoms with Crippen molar-refractivity contribution in [1.29, 1.82) is 0 Å². The quantitative estimate of drug-likeness (QED) is 0.241. The predicted octanol–water partition coefficient (Wildman–Crippen LogP) is 1.28. The Bertz CT molecular complexity index is 961. The average Bonchev–Trinajstić information content (AvgIpc) is 2.76. The Morgan fingerprint density at radius 2 is 1.64 bits per heavy atom. The second-order valence-corrected chi connectivity index (χ2v) is 7.48. The first kappa shape index (κ1) is 25.5. The molecule has 2 aromatic carbocycles. The molecule has 0 heterocycles. The van der Waals surface area contributed by atoms with Crippen LogP contribution in [-0.4, -0.2) is 64.0 Å². The molecular formula is C23H28N2O8. The topological polar surface area (TPSA) is 165 Å². The average molecular weight is 460 g/mol. The van der Waals surface area contributed by atoms with Crippen LogP contribution in [-0.2, 0) is 27.2 Å². The van der Waals surface area contributed by atoms with E-state index < -0.39 is 36.4 Å². The first-order valence-electron chi connectivity index (χ1n) is 10.3. The van der Waals surface area contributed by atoms with Crippen molar-refractivity contribution >= 4 is 17.8 Å². The molecule has 0 aliphatic carbocycles. The van der Waals surface area contributed by atoms with Gasteiger partial charge in [-0.05, 0) is 54.8 Å². The molecule has 0 aliphatic rings. The van der Waals surface area contributed by atoms with Crippen molar-refractivity contribution in [3.8, 4) is 17.2 Å². The normalized spacial score (nSPS) is 12.5. The van der Waals surface area contributed by atoms with Crippen LogP contribution < -0.4 is 15.4 Å². The Morgan fingerprint density at radius 3 is 2.21 bits per heavy atom. The van der Waals surface area contributed by atoms with Gasteiger partial charge in [0.25, 0.3) is 0 Å². The summed E-state index contributed by atoms with van der Waals surface area (Å²) in [5, 5.41) is 43.1. The molecule has 2 aromatic rings. The number of phenols is 2. The van der Waals surface area contributed by atoms with E-state index in [1.54, 1.807) is 30.3 Å². The van der Waals surface area contributed by atoms with Crippen LogP contribution >= 0.6 is 0 Å². The van der Waals surface area contributed by atoms with Gasteiger partial charge in [0.15, 0.2) is 11.5 Å². The lowest BCUT2D eigenvalue weighted by Crippen LogP contribution is -2.51. The van der Waals surface area contributed by atoms with Crippen molar-refractivity contribution in [3.63, 3.8) is 0 Å². The molecule has 2 atom stereocenters. The largest absolute Gasteiger partial charge is 0.508 e. The van der Waals surface area contributed by atoms with Crippen LogP contribution in [0.25, 0.3) is 0 Å². The number of hydrogen-bond donors (Lipinski definition) is 6. The summed E-state index contributed by atoms with van der Waals surface area (Å²) in [5.74, 6) is -2.79. The summed E-state index contributed by atoms with van der Waals surface area (Å²) in [7, 11) is 1.45. The number of carbonyl (C=O) groups excluding carboxylic acids is 1. The van der Waals surface area contributed by atoms with Crippen molar-refractivity contribution in [2.24, 2.45) is 0 Å². The Hall–Kier alpha value is -3.79. The molecule has 2 rings (SSSR count). The van der Waals surface area contributed by atoms with Gasteiger partial charge < -0.3 is 35.8 Å². The highest BCUT2D eigenvalue weighted by Gasteiger charge is 2.27. The minimum Gasteiger partial charge on any atom is -0.508 e. The van der Waals surface area contributed by atoms with E-state index in [2.05, 4.69) is 10.6 Å². The summed E-state index contributed by atoms with van der Waals surface area (Å²) in [6, 6.07) is 8.53. The number of carbonyl (C=O) groups is 3. The zero-order chi connectivity index (χ0) is 24.4. The molecule has 10 nitrogen and oxygen atoms in total. The number of aliphatic carboxylic acids is 2. The highest BCUT2D eigenvalue weighted by molar-refractivity contribution is 5.89. The zero-order valence-corrected chi connectivity index (χ0v) is 18.2. The fraction of sp³-hybridized carbons (Fsp3) is 0.348. The minimum absolute atomic E-state index is 0.0134. The number of nitrogens with one attached hydrogen (secondary N) is 2. The van der Waals surface area contributed by atoms with E-state index in [4.69, 9.17) is 9.84 Å². The summed E-state index contributed by atoms with van der Waals surface area (Å²) < 4.78 is 5.00. The lowest BCUT2D eigenvalue weighted by atomic mass is 10.0. The number of phenolic OH excluding ortho intramolecular Hbond substituents is 2. The highest BCUT2D eigenvalue weighted by Crippen LogP contribution is 2.26. The first-order chi connectivity index (χ1) is 15.7. The smallest absolute Gasteiger partial charge is 0.326 e. The number of ether oxygens (including phenoxy) is 1. The number of carboxylic acids is 2. The summed E-state index contributed by atoms with van der Waals surface area (Å²) in [6.45, 7) is 0.299. The molecule has 178 valence electrons. The molecule has 0 aromatic heterocycles. The SMILES string of the molecule is COc1ccc(CCCN[C@@H](CC(=O)O)C(=O)N[C@@H](Cc2ccc(O)cc2)C(=O)O)cc1O. The molecule has 0 saturated heterocycles. The van der Waals surface area contributed by atoms with Crippen molar-refractivity contribution in [3.05, 3.63) is 53.6 Å². The lowest BCUT2D eigenvalue weighted by molar-refractivity contribution is -0.143. The van der Waals surface area contributed by atoms with Crippen LogP contribution in [0.4, 0.5) is 0 Å². The monoisotopic (exact) mass is 460 g/mol. The van der Waals surface area contributed by atoms with Gasteiger partial charge in [0, 0.05) is 6.42 Å². The fourth-order valence-electron chi connectivity index (χ4n) is 3.23. The zero-order valence-electron chi connectivity index (χ0n) is 18.2. The van der Waals surface area contributed by atoms with Crippen LogP contribution in [0.5, 0.6) is 17.2 Å². The van der Waals surface area contributed by atoms with Crippen molar-refractivity contribution < 1.29 is 39.5 Å². The fourth-order valence-corrected chi connectivity index (χ4v) is 3.23. The highest BCUT2D eigenvalue weighted by atomic mass is 16.5. The second kappa shape index (κ2) is 12.3. The van der Waals surface area contributed by atoms with Crippen LogP contribution in [0.15, 0.2) is 42.5 Å². The van der Waals surface area contributed by atoms with Crippen LogP contribution in [0.1, 0.15) is 24.0 Å². The van der Waals surface area contributed by atoms with Crippen molar-refractivity contribution in [2.45, 2.75) is 37.8 Å². The molecule has 6 N–H and O–H groups in total. The van der Waals surface area contributed by atoms with Gasteiger partial charge in [-0.15, -0.1) is 0 Å². The number of methoxy groups -OCH3 is 1. The number of amides is 1. The van der Waals surface area contributed by atoms with E-state index in [0.717, 1.165) is 5.56 Å². The van der Waals surface area contributed by atoms with Gasteiger partial charge >= 0.3 is 11.9 Å². The Morgan fingerprint density at radius 1 is 0.970 bits per heavy atom. The second-order valence-electron chi connectivity index (χ2n) is 7.48. The van der Waals surface area contributed by atoms with Crippen molar-refractivity contribution in [2.75, 3.05) is 13.7 Å². The number of rotatable bonds is 13. The van der Waals surface area contributed by atoms with E-state index >= 15 is 0 Å². The molecule has 1 amide bonds. The number of aromatic hydroxyl groups is 2. The van der Waals surface area contributed by atoms with Gasteiger partial charge in [-0.3, -0.25) is 9.59 Å². The van der Waals surface area contributed by atoms with E-state index in [1.165, 1.54) is 19.2 Å². The molecule has 0 unspecified atom stereocenters. The van der Waals surface area contributed by atoms with Gasteiger partial charge in [-0.1, -0.05) is 18.2 Å². The Kier molecular flexibility index (Phi) is 9.49. The van der Waals surface area contributed by atoms with E-state index in [0.29, 0.717) is 30.7 Å². The Balaban J connectivity index is 1.94. The van der Waals surface area contributed by atoms with Gasteiger partial charge in [-0.2, -0.15) is 0 Å². The van der Waals surface area contributed by atoms with Gasteiger partial charge in [0.1, 0.15) is 11.8 Å². The lowest BCUT2D eigenvalue weighted by Gasteiger charge is -2.20. The maximum absolute atomic E-state index is 12.6. The van der Waals surface area contributed by atoms with Gasteiger partial charge in [-0.25, -0.2) is 4.79 Å².